The van der Waals surface area contributed by atoms with Gasteiger partial charge in [-0.15, -0.1) is 10.2 Å². The molecule has 3 aromatic rings. The van der Waals surface area contributed by atoms with Crippen LogP contribution in [0.3, 0.4) is 0 Å². The van der Waals surface area contributed by atoms with Crippen LogP contribution in [0.1, 0.15) is 55.7 Å². The van der Waals surface area contributed by atoms with Gasteiger partial charge in [0, 0.05) is 19.3 Å². The fraction of sp³-hybridized carbons (Fsp3) is 0.480. The zero-order valence-corrected chi connectivity index (χ0v) is 17.5. The standard InChI is InChI=1S/C25H30N4O/c1-2-7-22(8-3-1)25(24-28-27-19-30-24,23-9-4-5-15-26-23)14-6-16-29-17-20-10-11-21(18-29)13-12-20/h1-5,7-9,15,19-21H,6,10-14,16-18H2. The summed E-state index contributed by atoms with van der Waals surface area (Å²) in [6.07, 6.45) is 10.9. The van der Waals surface area contributed by atoms with Gasteiger partial charge in [0.1, 0.15) is 5.41 Å². The fourth-order valence-corrected chi connectivity index (χ4v) is 5.61. The van der Waals surface area contributed by atoms with Crippen LogP contribution in [-0.4, -0.2) is 39.7 Å². The van der Waals surface area contributed by atoms with Crippen molar-refractivity contribution >= 4 is 0 Å². The molecule has 0 N–H and O–H groups in total. The van der Waals surface area contributed by atoms with E-state index in [4.69, 9.17) is 9.40 Å². The van der Waals surface area contributed by atoms with Gasteiger partial charge in [-0.2, -0.15) is 0 Å². The summed E-state index contributed by atoms with van der Waals surface area (Å²) in [5.74, 6) is 2.42. The first kappa shape index (κ1) is 19.4. The van der Waals surface area contributed by atoms with Crippen LogP contribution >= 0.6 is 0 Å². The minimum atomic E-state index is -0.524. The number of hydrogen-bond donors (Lipinski definition) is 0. The number of pyridine rings is 1. The Bertz CT molecular complexity index is 851. The van der Waals surface area contributed by atoms with E-state index in [0.29, 0.717) is 5.89 Å². The van der Waals surface area contributed by atoms with E-state index in [1.54, 1.807) is 0 Å². The highest BCUT2D eigenvalue weighted by molar-refractivity contribution is 5.42. The lowest BCUT2D eigenvalue weighted by Gasteiger charge is -2.32. The van der Waals surface area contributed by atoms with Crippen LogP contribution in [-0.2, 0) is 5.41 Å². The highest BCUT2D eigenvalue weighted by Gasteiger charge is 2.42. The van der Waals surface area contributed by atoms with Gasteiger partial charge < -0.3 is 9.32 Å². The molecule has 0 spiro atoms. The number of benzene rings is 1. The van der Waals surface area contributed by atoms with Crippen LogP contribution in [0.4, 0.5) is 0 Å². The van der Waals surface area contributed by atoms with E-state index in [1.807, 2.05) is 24.4 Å². The van der Waals surface area contributed by atoms with E-state index in [0.717, 1.165) is 42.5 Å². The van der Waals surface area contributed by atoms with Crippen LogP contribution in [0.5, 0.6) is 0 Å². The molecule has 0 radical (unpaired) electrons. The summed E-state index contributed by atoms with van der Waals surface area (Å²) in [7, 11) is 0. The van der Waals surface area contributed by atoms with Crippen molar-refractivity contribution in [3.8, 4) is 0 Å². The highest BCUT2D eigenvalue weighted by atomic mass is 16.4. The number of nitrogens with zero attached hydrogens (tertiary/aromatic N) is 4. The van der Waals surface area contributed by atoms with Gasteiger partial charge in [-0.05, 0) is 74.6 Å². The van der Waals surface area contributed by atoms with Gasteiger partial charge in [0.25, 0.3) is 0 Å². The molecular formula is C25H30N4O. The third-order valence-corrected chi connectivity index (χ3v) is 7.12. The van der Waals surface area contributed by atoms with Gasteiger partial charge in [-0.3, -0.25) is 4.98 Å². The Morgan fingerprint density at radius 2 is 1.67 bits per heavy atom. The van der Waals surface area contributed by atoms with Crippen LogP contribution in [0.15, 0.2) is 65.5 Å². The van der Waals surface area contributed by atoms with Crippen molar-refractivity contribution in [2.24, 2.45) is 11.8 Å². The third-order valence-electron chi connectivity index (χ3n) is 7.12. The molecule has 2 bridgehead atoms. The molecule has 2 aromatic heterocycles. The smallest absolute Gasteiger partial charge is 0.232 e. The van der Waals surface area contributed by atoms with Crippen LogP contribution in [0, 0.1) is 11.8 Å². The molecule has 1 atom stereocenters. The van der Waals surface area contributed by atoms with E-state index in [9.17, 15) is 0 Å². The SMILES string of the molecule is c1ccc(C(CCCN2CC3CCC(CC3)C2)(c2ccccn2)c2nnco2)cc1. The molecule has 2 saturated heterocycles. The average molecular weight is 403 g/mol. The fourth-order valence-electron chi connectivity index (χ4n) is 5.61. The molecule has 1 aromatic carbocycles. The van der Waals surface area contributed by atoms with Gasteiger partial charge in [0.05, 0.1) is 5.69 Å². The summed E-state index contributed by atoms with van der Waals surface area (Å²) in [6.45, 7) is 3.64. The van der Waals surface area contributed by atoms with Crippen molar-refractivity contribution < 1.29 is 4.42 Å². The zero-order chi connectivity index (χ0) is 20.2. The normalized spacial score (nSPS) is 23.7. The summed E-state index contributed by atoms with van der Waals surface area (Å²) >= 11 is 0. The van der Waals surface area contributed by atoms with Gasteiger partial charge in [0.15, 0.2) is 0 Å². The minimum Gasteiger partial charge on any atom is -0.427 e. The molecule has 30 heavy (non-hydrogen) atoms. The van der Waals surface area contributed by atoms with Crippen molar-refractivity contribution in [2.45, 2.75) is 43.9 Å². The Balaban J connectivity index is 1.44. The predicted molar refractivity (Wildman–Crippen MR) is 116 cm³/mol. The molecule has 1 aliphatic carbocycles. The molecule has 1 unspecified atom stereocenters. The monoisotopic (exact) mass is 402 g/mol. The van der Waals surface area contributed by atoms with Crippen LogP contribution in [0.2, 0.25) is 0 Å². The predicted octanol–water partition coefficient (Wildman–Crippen LogP) is 4.70. The second-order valence-corrected chi connectivity index (χ2v) is 8.98. The molecule has 3 fully saturated rings. The van der Waals surface area contributed by atoms with Crippen molar-refractivity contribution in [3.63, 3.8) is 0 Å². The van der Waals surface area contributed by atoms with Crippen molar-refractivity contribution in [3.05, 3.63) is 78.3 Å². The molecule has 4 heterocycles. The first-order chi connectivity index (χ1) is 14.8. The van der Waals surface area contributed by atoms with Crippen LogP contribution < -0.4 is 0 Å². The Morgan fingerprint density at radius 3 is 2.30 bits per heavy atom. The van der Waals surface area contributed by atoms with Crippen molar-refractivity contribution in [1.82, 2.24) is 20.1 Å². The summed E-state index contributed by atoms with van der Waals surface area (Å²) in [6, 6.07) is 16.6. The Kier molecular flexibility index (Phi) is 5.63. The van der Waals surface area contributed by atoms with Crippen molar-refractivity contribution in [2.75, 3.05) is 19.6 Å². The Morgan fingerprint density at radius 1 is 0.933 bits per heavy atom. The number of aromatic nitrogens is 3. The molecule has 0 amide bonds. The van der Waals surface area contributed by atoms with Gasteiger partial charge in [0.2, 0.25) is 12.3 Å². The largest absolute Gasteiger partial charge is 0.427 e. The van der Waals surface area contributed by atoms with E-state index in [2.05, 4.69) is 45.4 Å². The molecule has 2 aliphatic heterocycles. The Hall–Kier alpha value is -2.53. The number of hydrogen-bond acceptors (Lipinski definition) is 5. The maximum Gasteiger partial charge on any atom is 0.232 e. The quantitative estimate of drug-likeness (QED) is 0.573. The highest BCUT2D eigenvalue weighted by Crippen LogP contribution is 2.41. The minimum absolute atomic E-state index is 0.524. The summed E-state index contributed by atoms with van der Waals surface area (Å²) in [4.78, 5) is 7.46. The average Bonchev–Trinajstić information content (AvgIpc) is 3.19. The van der Waals surface area contributed by atoms with E-state index in [-0.39, 0.29) is 0 Å². The summed E-state index contributed by atoms with van der Waals surface area (Å²) < 4.78 is 5.84. The first-order valence-corrected chi connectivity index (χ1v) is 11.3. The van der Waals surface area contributed by atoms with Gasteiger partial charge in [-0.25, -0.2) is 0 Å². The second-order valence-electron chi connectivity index (χ2n) is 8.98. The molecule has 5 heteroatoms. The summed E-state index contributed by atoms with van der Waals surface area (Å²) in [5, 5.41) is 8.41. The molecule has 6 rings (SSSR count). The molecule has 156 valence electrons. The summed E-state index contributed by atoms with van der Waals surface area (Å²) in [5.41, 5.74) is 1.60. The Labute approximate surface area is 178 Å². The second kappa shape index (κ2) is 8.68. The topological polar surface area (TPSA) is 55.1 Å². The van der Waals surface area contributed by atoms with Gasteiger partial charge >= 0.3 is 0 Å². The maximum atomic E-state index is 5.84. The molecular weight excluding hydrogens is 372 g/mol. The number of rotatable bonds is 7. The van der Waals surface area contributed by atoms with Crippen LogP contribution in [0.25, 0.3) is 0 Å². The maximum absolute atomic E-state index is 5.84. The van der Waals surface area contributed by atoms with Gasteiger partial charge in [-0.1, -0.05) is 36.4 Å². The third kappa shape index (κ3) is 3.79. The lowest BCUT2D eigenvalue weighted by Crippen LogP contribution is -2.34. The van der Waals surface area contributed by atoms with E-state index >= 15 is 0 Å². The lowest BCUT2D eigenvalue weighted by molar-refractivity contribution is 0.239. The van der Waals surface area contributed by atoms with Crippen molar-refractivity contribution in [1.29, 1.82) is 0 Å². The molecule has 3 aliphatic rings. The molecule has 1 saturated carbocycles. The zero-order valence-electron chi connectivity index (χ0n) is 17.5. The van der Waals surface area contributed by atoms with E-state index in [1.165, 1.54) is 45.2 Å². The number of fused-ring (bicyclic) bond motifs is 4. The lowest BCUT2D eigenvalue weighted by atomic mass is 9.73. The first-order valence-electron chi connectivity index (χ1n) is 11.3. The molecule has 5 nitrogen and oxygen atoms in total. The van der Waals surface area contributed by atoms with E-state index < -0.39 is 5.41 Å².